The van der Waals surface area contributed by atoms with Crippen molar-refractivity contribution in [1.29, 1.82) is 0 Å². The Morgan fingerprint density at radius 3 is 2.30 bits per heavy atom. The number of alkyl halides is 3. The first-order valence-corrected chi connectivity index (χ1v) is 11.7. The second-order valence-corrected chi connectivity index (χ2v) is 8.55. The van der Waals surface area contributed by atoms with E-state index in [2.05, 4.69) is 38.0 Å². The highest BCUT2D eigenvalue weighted by Crippen LogP contribution is 2.31. The van der Waals surface area contributed by atoms with Gasteiger partial charge in [0.05, 0.1) is 19.3 Å². The van der Waals surface area contributed by atoms with E-state index in [4.69, 9.17) is 9.72 Å². The third kappa shape index (κ3) is 7.14. The van der Waals surface area contributed by atoms with Crippen molar-refractivity contribution in [2.75, 3.05) is 49.2 Å². The van der Waals surface area contributed by atoms with Gasteiger partial charge in [0, 0.05) is 61.6 Å². The SMILES string of the molecule is Cc1ncccc1-c1cc(N2CCOCC2)nc(N2CC(O)C2)c1.O=C(NC(F)(F)F)c1ccncc1. The van der Waals surface area contributed by atoms with Crippen molar-refractivity contribution in [2.45, 2.75) is 19.3 Å². The molecule has 0 bridgehead atoms. The lowest BCUT2D eigenvalue weighted by atomic mass is 10.0. The molecule has 1 amide bonds. The monoisotopic (exact) mass is 516 g/mol. The number of morpholine rings is 1. The number of hydrogen-bond donors (Lipinski definition) is 2. The molecule has 0 saturated carbocycles. The zero-order chi connectivity index (χ0) is 26.4. The van der Waals surface area contributed by atoms with Crippen LogP contribution in [0.2, 0.25) is 0 Å². The van der Waals surface area contributed by atoms with Gasteiger partial charge in [0.15, 0.2) is 0 Å². The van der Waals surface area contributed by atoms with Crippen molar-refractivity contribution in [2.24, 2.45) is 0 Å². The van der Waals surface area contributed by atoms with Gasteiger partial charge in [-0.3, -0.25) is 20.1 Å². The number of aliphatic hydroxyl groups is 1. The average Bonchev–Trinajstić information content (AvgIpc) is 2.87. The number of carbonyl (C=O) groups excluding carboxylic acids is 1. The van der Waals surface area contributed by atoms with Crippen molar-refractivity contribution in [1.82, 2.24) is 20.3 Å². The first-order chi connectivity index (χ1) is 17.7. The van der Waals surface area contributed by atoms with Gasteiger partial charge in [-0.2, -0.15) is 13.2 Å². The van der Waals surface area contributed by atoms with E-state index < -0.39 is 12.2 Å². The van der Waals surface area contributed by atoms with E-state index >= 15 is 0 Å². The van der Waals surface area contributed by atoms with Crippen molar-refractivity contribution in [3.8, 4) is 11.1 Å². The molecule has 37 heavy (non-hydrogen) atoms. The Bertz CT molecular complexity index is 1200. The number of amides is 1. The van der Waals surface area contributed by atoms with Gasteiger partial charge in [0.2, 0.25) is 0 Å². The molecule has 3 aromatic heterocycles. The van der Waals surface area contributed by atoms with Crippen molar-refractivity contribution >= 4 is 17.5 Å². The Labute approximate surface area is 211 Å². The molecule has 0 aliphatic carbocycles. The molecule has 2 fully saturated rings. The number of carbonyl (C=O) groups is 1. The topological polar surface area (TPSA) is 104 Å². The molecule has 0 aromatic carbocycles. The van der Waals surface area contributed by atoms with Crippen LogP contribution in [0.3, 0.4) is 0 Å². The summed E-state index contributed by atoms with van der Waals surface area (Å²) in [5.41, 5.74) is 3.17. The maximum absolute atomic E-state index is 11.6. The Morgan fingerprint density at radius 2 is 1.70 bits per heavy atom. The summed E-state index contributed by atoms with van der Waals surface area (Å²) >= 11 is 0. The van der Waals surface area contributed by atoms with Gasteiger partial charge in [0.1, 0.15) is 11.6 Å². The molecule has 5 rings (SSSR count). The summed E-state index contributed by atoms with van der Waals surface area (Å²) in [6.45, 7) is 6.48. The molecule has 0 spiro atoms. The van der Waals surface area contributed by atoms with E-state index in [0.29, 0.717) is 13.1 Å². The molecule has 0 atom stereocenters. The zero-order valence-electron chi connectivity index (χ0n) is 20.1. The molecule has 0 radical (unpaired) electrons. The quantitative estimate of drug-likeness (QED) is 0.511. The zero-order valence-corrected chi connectivity index (χ0v) is 20.1. The third-order valence-electron chi connectivity index (χ3n) is 5.84. The molecular weight excluding hydrogens is 489 g/mol. The van der Waals surface area contributed by atoms with Gasteiger partial charge < -0.3 is 19.6 Å². The fraction of sp³-hybridized carbons (Fsp3) is 0.360. The molecule has 5 heterocycles. The number of halogens is 3. The summed E-state index contributed by atoms with van der Waals surface area (Å²) in [7, 11) is 0. The minimum atomic E-state index is -4.69. The standard InChI is InChI=1S/C18H22N4O2.C7H5F3N2O/c1-13-16(3-2-4-19-13)14-9-17(21-5-7-24-8-6-21)20-18(10-14)22-11-15(23)12-22;8-7(9,10)12-6(13)5-1-3-11-4-2-5/h2-4,9-10,15,23H,5-8,11-12H2,1H3;1-4H,(H,12,13). The Morgan fingerprint density at radius 1 is 1.05 bits per heavy atom. The molecule has 3 aromatic rings. The van der Waals surface area contributed by atoms with E-state index in [0.717, 1.165) is 60.1 Å². The number of nitrogens with one attached hydrogen (secondary N) is 1. The van der Waals surface area contributed by atoms with E-state index in [1.54, 1.807) is 0 Å². The number of β-amino-alcohol motifs (C(OH)–C–C–N with tert-alkyl or cyclic N) is 1. The van der Waals surface area contributed by atoms with E-state index in [-0.39, 0.29) is 11.7 Å². The van der Waals surface area contributed by atoms with Crippen molar-refractivity contribution in [3.05, 3.63) is 66.2 Å². The smallest absolute Gasteiger partial charge is 0.389 e. The number of nitrogens with zero attached hydrogens (tertiary/aromatic N) is 5. The van der Waals surface area contributed by atoms with Gasteiger partial charge in [-0.1, -0.05) is 6.07 Å². The lowest BCUT2D eigenvalue weighted by molar-refractivity contribution is -0.146. The number of rotatable bonds is 4. The molecule has 0 unspecified atom stereocenters. The van der Waals surface area contributed by atoms with Crippen LogP contribution in [0.5, 0.6) is 0 Å². The number of hydrogen-bond acceptors (Lipinski definition) is 8. The van der Waals surface area contributed by atoms with Gasteiger partial charge >= 0.3 is 6.30 Å². The molecule has 2 saturated heterocycles. The molecule has 2 N–H and O–H groups in total. The lowest BCUT2D eigenvalue weighted by Gasteiger charge is -2.38. The summed E-state index contributed by atoms with van der Waals surface area (Å²) in [5, 5.41) is 10.5. The van der Waals surface area contributed by atoms with Crippen LogP contribution < -0.4 is 15.1 Å². The molecule has 9 nitrogen and oxygen atoms in total. The van der Waals surface area contributed by atoms with Crippen LogP contribution in [0.25, 0.3) is 11.1 Å². The highest BCUT2D eigenvalue weighted by Gasteiger charge is 2.30. The summed E-state index contributed by atoms with van der Waals surface area (Å²) < 4.78 is 40.4. The maximum Gasteiger partial charge on any atom is 0.484 e. The van der Waals surface area contributed by atoms with Crippen LogP contribution in [0.15, 0.2) is 55.0 Å². The van der Waals surface area contributed by atoms with Crippen molar-refractivity contribution in [3.63, 3.8) is 0 Å². The van der Waals surface area contributed by atoms with Crippen LogP contribution in [0.4, 0.5) is 24.8 Å². The van der Waals surface area contributed by atoms with E-state index in [1.165, 1.54) is 24.5 Å². The Balaban J connectivity index is 0.000000209. The molecular formula is C25H27F3N6O3. The number of ether oxygens (including phenoxy) is 1. The van der Waals surface area contributed by atoms with Gasteiger partial charge in [-0.05, 0) is 42.8 Å². The maximum atomic E-state index is 11.6. The highest BCUT2D eigenvalue weighted by molar-refractivity contribution is 5.94. The average molecular weight is 517 g/mol. The van der Waals surface area contributed by atoms with Crippen LogP contribution >= 0.6 is 0 Å². The number of aliphatic hydroxyl groups excluding tert-OH is 1. The fourth-order valence-corrected chi connectivity index (χ4v) is 3.91. The third-order valence-corrected chi connectivity index (χ3v) is 5.84. The predicted molar refractivity (Wildman–Crippen MR) is 131 cm³/mol. The predicted octanol–water partition coefficient (Wildman–Crippen LogP) is 2.80. The van der Waals surface area contributed by atoms with Gasteiger partial charge in [-0.25, -0.2) is 4.98 Å². The number of aromatic nitrogens is 3. The Kier molecular flexibility index (Phi) is 8.19. The second kappa shape index (κ2) is 11.5. The lowest BCUT2D eigenvalue weighted by Crippen LogP contribution is -2.51. The van der Waals surface area contributed by atoms with Gasteiger partial charge in [0.25, 0.3) is 5.91 Å². The van der Waals surface area contributed by atoms with Gasteiger partial charge in [-0.15, -0.1) is 0 Å². The number of pyridine rings is 3. The van der Waals surface area contributed by atoms with E-state index in [9.17, 15) is 23.1 Å². The van der Waals surface area contributed by atoms with Crippen LogP contribution in [0, 0.1) is 6.92 Å². The summed E-state index contributed by atoms with van der Waals surface area (Å²) in [5.74, 6) is 0.702. The molecule has 12 heteroatoms. The molecule has 196 valence electrons. The van der Waals surface area contributed by atoms with Crippen LogP contribution in [0.1, 0.15) is 16.1 Å². The molecule has 2 aliphatic heterocycles. The summed E-state index contributed by atoms with van der Waals surface area (Å²) in [6.07, 6.45) is -0.644. The largest absolute Gasteiger partial charge is 0.484 e. The Hall–Kier alpha value is -3.77. The second-order valence-electron chi connectivity index (χ2n) is 8.55. The minimum absolute atomic E-state index is 0.0766. The van der Waals surface area contributed by atoms with Crippen LogP contribution in [-0.4, -0.2) is 77.8 Å². The van der Waals surface area contributed by atoms with Crippen molar-refractivity contribution < 1.29 is 27.8 Å². The number of anilines is 2. The van der Waals surface area contributed by atoms with Crippen LogP contribution in [-0.2, 0) is 4.74 Å². The summed E-state index contributed by atoms with van der Waals surface area (Å²) in [6, 6.07) is 10.7. The number of aryl methyl sites for hydroxylation is 1. The normalized spacial score (nSPS) is 15.9. The van der Waals surface area contributed by atoms with E-state index in [1.807, 2.05) is 19.2 Å². The summed E-state index contributed by atoms with van der Waals surface area (Å²) in [4.78, 5) is 28.0. The first-order valence-electron chi connectivity index (χ1n) is 11.7. The highest BCUT2D eigenvalue weighted by atomic mass is 19.4. The first kappa shape index (κ1) is 26.3. The molecule has 2 aliphatic rings. The minimum Gasteiger partial charge on any atom is -0.389 e. The fourth-order valence-electron chi connectivity index (χ4n) is 3.91.